The molecule has 1 aliphatic rings. The molecule has 12 heteroatoms. The number of hydrogen-bond donors (Lipinski definition) is 2. The van der Waals surface area contributed by atoms with Gasteiger partial charge < -0.3 is 25.2 Å². The van der Waals surface area contributed by atoms with Gasteiger partial charge in [0.25, 0.3) is 5.56 Å². The van der Waals surface area contributed by atoms with Crippen molar-refractivity contribution in [1.82, 2.24) is 34.3 Å². The highest BCUT2D eigenvalue weighted by molar-refractivity contribution is 5.74. The van der Waals surface area contributed by atoms with E-state index in [9.17, 15) is 9.90 Å². The molecule has 1 aromatic carbocycles. The van der Waals surface area contributed by atoms with Crippen LogP contribution in [0.3, 0.4) is 0 Å². The minimum atomic E-state index is -0.135. The van der Waals surface area contributed by atoms with Crippen LogP contribution in [0.2, 0.25) is 0 Å². The number of aryl methyl sites for hydroxylation is 2. The molecule has 3 N–H and O–H groups in total. The normalized spacial score (nSPS) is 15.1. The molecule has 5 heterocycles. The Balaban J connectivity index is 1.17. The topological polar surface area (TPSA) is 144 Å². The number of anilines is 3. The Kier molecular flexibility index (Phi) is 6.92. The molecule has 0 saturated carbocycles. The summed E-state index contributed by atoms with van der Waals surface area (Å²) in [5, 5.41) is 23.0. The maximum atomic E-state index is 12.9. The Hall–Kier alpha value is -5.44. The second-order valence-electron chi connectivity index (χ2n) is 10.3. The summed E-state index contributed by atoms with van der Waals surface area (Å²) in [6.45, 7) is 8.18. The number of aromatic hydroxyl groups is 1. The van der Waals surface area contributed by atoms with Gasteiger partial charge in [0, 0.05) is 55.4 Å². The molecule has 212 valence electrons. The van der Waals surface area contributed by atoms with E-state index in [2.05, 4.69) is 53.8 Å². The molecule has 1 saturated heterocycles. The fraction of sp³-hybridized carbons (Fsp3) is 0.267. The van der Waals surface area contributed by atoms with Gasteiger partial charge in [0.05, 0.1) is 23.6 Å². The van der Waals surface area contributed by atoms with E-state index in [-0.39, 0.29) is 23.9 Å². The van der Waals surface area contributed by atoms with Crippen LogP contribution >= 0.6 is 0 Å². The summed E-state index contributed by atoms with van der Waals surface area (Å²) in [6, 6.07) is 10.9. The lowest BCUT2D eigenvalue weighted by Crippen LogP contribution is -2.52. The van der Waals surface area contributed by atoms with Gasteiger partial charge >= 0.3 is 0 Å². The number of piperazine rings is 1. The largest absolute Gasteiger partial charge is 0.507 e. The van der Waals surface area contributed by atoms with E-state index in [0.29, 0.717) is 48.1 Å². The minimum Gasteiger partial charge on any atom is -0.507 e. The van der Waals surface area contributed by atoms with Crippen LogP contribution in [0.4, 0.5) is 17.3 Å². The molecular weight excluding hydrogens is 532 g/mol. The van der Waals surface area contributed by atoms with Crippen molar-refractivity contribution in [2.75, 3.05) is 35.2 Å². The van der Waals surface area contributed by atoms with Crippen LogP contribution in [0.25, 0.3) is 16.8 Å². The second-order valence-corrected chi connectivity index (χ2v) is 10.3. The van der Waals surface area contributed by atoms with Crippen molar-refractivity contribution in [3.63, 3.8) is 0 Å². The number of nitrogens with two attached hydrogens (primary N) is 1. The van der Waals surface area contributed by atoms with Crippen LogP contribution in [-0.4, -0.2) is 65.1 Å². The van der Waals surface area contributed by atoms with Crippen molar-refractivity contribution in [2.45, 2.75) is 33.4 Å². The molecule has 1 fully saturated rings. The zero-order valence-electron chi connectivity index (χ0n) is 23.6. The maximum Gasteiger partial charge on any atom is 0.277 e. The molecule has 4 aromatic heterocycles. The van der Waals surface area contributed by atoms with E-state index < -0.39 is 0 Å². The standard InChI is InChI=1S/C30H30N10O2/c1-19-18-38(13-15-39(19)24-17-23(34-35-29(24)31)22-7-4-5-8-25(22)41)27-10-11-32-26(33-27)9-6-12-37-14-16-40-28(30(37)42)20(2)21(3)36-40/h4-5,7-8,10-11,14,16-17,19,41H,12-13,15,18H2,1-3H3,(H2,31,35)/t19-/m0/s1. The zero-order chi connectivity index (χ0) is 29.4. The number of rotatable bonds is 4. The first-order valence-electron chi connectivity index (χ1n) is 13.6. The molecular formula is C30H30N10O2. The summed E-state index contributed by atoms with van der Waals surface area (Å²) in [4.78, 5) is 26.3. The Morgan fingerprint density at radius 1 is 1.12 bits per heavy atom. The van der Waals surface area contributed by atoms with Crippen LogP contribution < -0.4 is 21.1 Å². The first-order chi connectivity index (χ1) is 20.3. The molecule has 5 aromatic rings. The number of phenols is 1. The predicted molar refractivity (Wildman–Crippen MR) is 160 cm³/mol. The molecule has 0 unspecified atom stereocenters. The summed E-state index contributed by atoms with van der Waals surface area (Å²) >= 11 is 0. The SMILES string of the molecule is Cc1nn2ccn(CC#Cc3nccc(N4CCN(c5cc(-c6ccccc6O)nnc5N)[C@@H](C)C4)n3)c(=O)c2c1C. The molecule has 0 spiro atoms. The van der Waals surface area contributed by atoms with Crippen molar-refractivity contribution >= 4 is 22.8 Å². The Labute approximate surface area is 242 Å². The third-order valence-electron chi connectivity index (χ3n) is 7.57. The van der Waals surface area contributed by atoms with Gasteiger partial charge in [-0.2, -0.15) is 5.10 Å². The first-order valence-corrected chi connectivity index (χ1v) is 13.6. The Bertz CT molecular complexity index is 1920. The molecule has 0 amide bonds. The Morgan fingerprint density at radius 3 is 2.76 bits per heavy atom. The van der Waals surface area contributed by atoms with Gasteiger partial charge in [-0.05, 0) is 51.0 Å². The van der Waals surface area contributed by atoms with Crippen molar-refractivity contribution < 1.29 is 5.11 Å². The molecule has 1 aliphatic heterocycles. The number of benzene rings is 1. The van der Waals surface area contributed by atoms with Crippen LogP contribution in [-0.2, 0) is 6.54 Å². The number of phenolic OH excluding ortho intramolecular Hbond substituents is 1. The number of fused-ring (bicyclic) bond motifs is 1. The van der Waals surface area contributed by atoms with Gasteiger partial charge in [0.15, 0.2) is 5.82 Å². The summed E-state index contributed by atoms with van der Waals surface area (Å²) in [5.74, 6) is 7.68. The minimum absolute atomic E-state index is 0.0874. The Morgan fingerprint density at radius 2 is 1.95 bits per heavy atom. The maximum absolute atomic E-state index is 12.9. The van der Waals surface area contributed by atoms with Gasteiger partial charge in [0.2, 0.25) is 5.82 Å². The average molecular weight is 563 g/mol. The molecule has 42 heavy (non-hydrogen) atoms. The first kappa shape index (κ1) is 26.8. The van der Waals surface area contributed by atoms with Crippen LogP contribution in [0.1, 0.15) is 24.0 Å². The molecule has 12 nitrogen and oxygen atoms in total. The monoisotopic (exact) mass is 562 g/mol. The van der Waals surface area contributed by atoms with Crippen molar-refractivity contribution in [1.29, 1.82) is 0 Å². The van der Waals surface area contributed by atoms with Crippen LogP contribution in [0, 0.1) is 25.7 Å². The van der Waals surface area contributed by atoms with E-state index in [1.807, 2.05) is 32.0 Å². The van der Waals surface area contributed by atoms with Gasteiger partial charge in [-0.15, -0.1) is 10.2 Å². The van der Waals surface area contributed by atoms with E-state index in [0.717, 1.165) is 22.8 Å². The van der Waals surface area contributed by atoms with Gasteiger partial charge in [-0.3, -0.25) is 4.79 Å². The highest BCUT2D eigenvalue weighted by Crippen LogP contribution is 2.33. The zero-order valence-corrected chi connectivity index (χ0v) is 23.6. The lowest BCUT2D eigenvalue weighted by atomic mass is 10.1. The van der Waals surface area contributed by atoms with Crippen LogP contribution in [0.5, 0.6) is 5.75 Å². The molecule has 1 atom stereocenters. The van der Waals surface area contributed by atoms with Gasteiger partial charge in [-0.25, -0.2) is 14.5 Å². The molecule has 0 radical (unpaired) electrons. The highest BCUT2D eigenvalue weighted by Gasteiger charge is 2.27. The quantitative estimate of drug-likeness (QED) is 0.313. The number of nitrogens with zero attached hydrogens (tertiary/aromatic N) is 9. The summed E-state index contributed by atoms with van der Waals surface area (Å²) in [5.41, 5.74) is 10.3. The van der Waals surface area contributed by atoms with Gasteiger partial charge in [0.1, 0.15) is 17.1 Å². The number of nitrogen functional groups attached to an aromatic ring is 1. The van der Waals surface area contributed by atoms with Crippen molar-refractivity contribution in [3.05, 3.63) is 82.4 Å². The number of aromatic nitrogens is 7. The molecule has 6 rings (SSSR count). The summed E-state index contributed by atoms with van der Waals surface area (Å²) in [6.07, 6.45) is 5.15. The summed E-state index contributed by atoms with van der Waals surface area (Å²) < 4.78 is 3.17. The average Bonchev–Trinajstić information content (AvgIpc) is 3.28. The van der Waals surface area contributed by atoms with Crippen molar-refractivity contribution in [2.24, 2.45) is 0 Å². The second kappa shape index (κ2) is 10.9. The highest BCUT2D eigenvalue weighted by atomic mass is 16.3. The third-order valence-corrected chi connectivity index (χ3v) is 7.57. The lowest BCUT2D eigenvalue weighted by Gasteiger charge is -2.41. The lowest BCUT2D eigenvalue weighted by molar-refractivity contribution is 0.477. The van der Waals surface area contributed by atoms with E-state index in [4.69, 9.17) is 5.73 Å². The summed E-state index contributed by atoms with van der Waals surface area (Å²) in [7, 11) is 0. The van der Waals surface area contributed by atoms with Crippen molar-refractivity contribution in [3.8, 4) is 28.8 Å². The fourth-order valence-corrected chi connectivity index (χ4v) is 5.22. The number of para-hydroxylation sites is 1. The third kappa shape index (κ3) is 4.96. The smallest absolute Gasteiger partial charge is 0.277 e. The number of hydrogen-bond acceptors (Lipinski definition) is 10. The van der Waals surface area contributed by atoms with E-state index in [1.165, 1.54) is 0 Å². The molecule has 0 aliphatic carbocycles. The van der Waals surface area contributed by atoms with Gasteiger partial charge in [-0.1, -0.05) is 18.1 Å². The predicted octanol–water partition coefficient (Wildman–Crippen LogP) is 2.41. The van der Waals surface area contributed by atoms with Crippen LogP contribution in [0.15, 0.2) is 59.8 Å². The molecule has 0 bridgehead atoms. The fourth-order valence-electron chi connectivity index (χ4n) is 5.22. The van der Waals surface area contributed by atoms with E-state index in [1.54, 1.807) is 45.9 Å². The van der Waals surface area contributed by atoms with E-state index >= 15 is 0 Å².